The summed E-state index contributed by atoms with van der Waals surface area (Å²) >= 11 is 2.08. The summed E-state index contributed by atoms with van der Waals surface area (Å²) in [4.78, 5) is 2.59. The van der Waals surface area contributed by atoms with Gasteiger partial charge in [0.2, 0.25) is 0 Å². The first-order valence-corrected chi connectivity index (χ1v) is 6.79. The van der Waals surface area contributed by atoms with Gasteiger partial charge in [-0.1, -0.05) is 13.8 Å². The van der Waals surface area contributed by atoms with E-state index in [1.807, 2.05) is 0 Å². The lowest BCUT2D eigenvalue weighted by Gasteiger charge is -2.43. The van der Waals surface area contributed by atoms with Gasteiger partial charge in [0.05, 0.1) is 0 Å². The second-order valence-corrected chi connectivity index (χ2v) is 5.89. The van der Waals surface area contributed by atoms with Crippen LogP contribution in [0.3, 0.4) is 0 Å². The van der Waals surface area contributed by atoms with Crippen molar-refractivity contribution in [3.8, 4) is 0 Å². The van der Waals surface area contributed by atoms with Crippen LogP contribution in [-0.2, 0) is 0 Å². The Bertz CT molecular complexity index is 165. The van der Waals surface area contributed by atoms with Crippen molar-refractivity contribution in [2.24, 2.45) is 11.7 Å². The molecule has 1 aliphatic heterocycles. The summed E-state index contributed by atoms with van der Waals surface area (Å²) in [5, 5.41) is 0. The molecule has 3 heteroatoms. The lowest BCUT2D eigenvalue weighted by atomic mass is 9.86. The highest BCUT2D eigenvalue weighted by Gasteiger charge is 2.33. The molecular weight excluding hydrogens is 192 g/mol. The van der Waals surface area contributed by atoms with Gasteiger partial charge in [-0.25, -0.2) is 0 Å². The van der Waals surface area contributed by atoms with E-state index >= 15 is 0 Å². The van der Waals surface area contributed by atoms with Crippen LogP contribution >= 0.6 is 11.8 Å². The topological polar surface area (TPSA) is 29.3 Å². The van der Waals surface area contributed by atoms with Crippen LogP contribution in [0.5, 0.6) is 0 Å². The lowest BCUT2D eigenvalue weighted by Crippen LogP contribution is -2.55. The first-order valence-electron chi connectivity index (χ1n) is 5.64. The highest BCUT2D eigenvalue weighted by Crippen LogP contribution is 2.26. The Kier molecular flexibility index (Phi) is 4.74. The molecule has 2 N–H and O–H groups in total. The second kappa shape index (κ2) is 5.38. The molecule has 0 amide bonds. The monoisotopic (exact) mass is 216 g/mol. The average molecular weight is 216 g/mol. The van der Waals surface area contributed by atoms with E-state index in [0.717, 1.165) is 6.54 Å². The number of thioether (sulfide) groups is 1. The van der Waals surface area contributed by atoms with Crippen LogP contribution in [0.25, 0.3) is 0 Å². The van der Waals surface area contributed by atoms with Gasteiger partial charge < -0.3 is 5.73 Å². The van der Waals surface area contributed by atoms with E-state index < -0.39 is 0 Å². The molecule has 1 fully saturated rings. The smallest absolute Gasteiger partial charge is 0.0326 e. The maximum Gasteiger partial charge on any atom is 0.0326 e. The molecule has 1 aliphatic rings. The molecular formula is C11H24N2S. The fourth-order valence-electron chi connectivity index (χ4n) is 1.99. The zero-order chi connectivity index (χ0) is 10.6. The van der Waals surface area contributed by atoms with Crippen molar-refractivity contribution in [2.75, 3.05) is 31.1 Å². The van der Waals surface area contributed by atoms with Gasteiger partial charge in [0.25, 0.3) is 0 Å². The van der Waals surface area contributed by atoms with Crippen LogP contribution in [0, 0.1) is 5.92 Å². The van der Waals surface area contributed by atoms with Crippen molar-refractivity contribution in [2.45, 2.75) is 32.7 Å². The molecule has 84 valence electrons. The number of nitrogens with two attached hydrogens (primary N) is 1. The summed E-state index contributed by atoms with van der Waals surface area (Å²) in [6.07, 6.45) is 1.31. The molecule has 2 nitrogen and oxygen atoms in total. The Hall–Kier alpha value is 0.270. The molecule has 0 radical (unpaired) electrons. The minimum absolute atomic E-state index is 0.199. The summed E-state index contributed by atoms with van der Waals surface area (Å²) in [7, 11) is 0. The van der Waals surface area contributed by atoms with Gasteiger partial charge in [0.15, 0.2) is 0 Å². The normalized spacial score (nSPS) is 24.6. The van der Waals surface area contributed by atoms with Gasteiger partial charge in [0, 0.05) is 24.4 Å². The van der Waals surface area contributed by atoms with Crippen molar-refractivity contribution in [1.29, 1.82) is 0 Å². The molecule has 1 saturated heterocycles. The Labute approximate surface area is 92.6 Å². The van der Waals surface area contributed by atoms with E-state index in [-0.39, 0.29) is 5.54 Å². The van der Waals surface area contributed by atoms with Crippen LogP contribution in [0.4, 0.5) is 0 Å². The Balaban J connectivity index is 2.66. The minimum atomic E-state index is 0.199. The van der Waals surface area contributed by atoms with Crippen LogP contribution in [-0.4, -0.2) is 41.6 Å². The molecule has 0 bridgehead atoms. The van der Waals surface area contributed by atoms with Gasteiger partial charge >= 0.3 is 0 Å². The molecule has 0 spiro atoms. The highest BCUT2D eigenvalue weighted by atomic mass is 32.2. The van der Waals surface area contributed by atoms with Gasteiger partial charge in [-0.05, 0) is 31.6 Å². The summed E-state index contributed by atoms with van der Waals surface area (Å²) in [5.74, 6) is 3.22. The highest BCUT2D eigenvalue weighted by molar-refractivity contribution is 7.99. The van der Waals surface area contributed by atoms with E-state index in [1.165, 1.54) is 31.0 Å². The number of hydrogen-bond acceptors (Lipinski definition) is 3. The van der Waals surface area contributed by atoms with E-state index in [0.29, 0.717) is 5.92 Å². The first kappa shape index (κ1) is 12.3. The quantitative estimate of drug-likeness (QED) is 0.780. The average Bonchev–Trinajstić information content (AvgIpc) is 2.44. The first-order chi connectivity index (χ1) is 6.61. The standard InChI is InChI=1S/C11H24N2S/c1-10(2)11(3,9-12)13-5-4-7-14-8-6-13/h10H,4-9,12H2,1-3H3. The second-order valence-electron chi connectivity index (χ2n) is 4.67. The van der Waals surface area contributed by atoms with Crippen molar-refractivity contribution in [1.82, 2.24) is 4.90 Å². The van der Waals surface area contributed by atoms with Crippen molar-refractivity contribution in [3.63, 3.8) is 0 Å². The number of hydrogen-bond donors (Lipinski definition) is 1. The Morgan fingerprint density at radius 3 is 2.64 bits per heavy atom. The van der Waals surface area contributed by atoms with E-state index in [1.54, 1.807) is 0 Å². The van der Waals surface area contributed by atoms with Gasteiger partial charge in [0.1, 0.15) is 0 Å². The predicted molar refractivity (Wildman–Crippen MR) is 65.8 cm³/mol. The van der Waals surface area contributed by atoms with Crippen molar-refractivity contribution >= 4 is 11.8 Å². The summed E-state index contributed by atoms with van der Waals surface area (Å²) < 4.78 is 0. The zero-order valence-electron chi connectivity index (χ0n) is 9.75. The third-order valence-corrected chi connectivity index (χ3v) is 4.65. The molecule has 0 aliphatic carbocycles. The van der Waals surface area contributed by atoms with Crippen LogP contribution in [0.15, 0.2) is 0 Å². The van der Waals surface area contributed by atoms with Crippen molar-refractivity contribution < 1.29 is 0 Å². The third-order valence-electron chi connectivity index (χ3n) is 3.60. The van der Waals surface area contributed by atoms with Crippen LogP contribution in [0.2, 0.25) is 0 Å². The lowest BCUT2D eigenvalue weighted by molar-refractivity contribution is 0.0754. The molecule has 0 aromatic heterocycles. The molecule has 1 rings (SSSR count). The molecule has 0 aromatic rings. The van der Waals surface area contributed by atoms with Crippen LogP contribution in [0.1, 0.15) is 27.2 Å². The Morgan fingerprint density at radius 2 is 2.07 bits per heavy atom. The summed E-state index contributed by atoms with van der Waals surface area (Å²) in [5.41, 5.74) is 6.14. The predicted octanol–water partition coefficient (Wildman–Crippen LogP) is 1.80. The Morgan fingerprint density at radius 1 is 1.36 bits per heavy atom. The maximum atomic E-state index is 5.94. The fourth-order valence-corrected chi connectivity index (χ4v) is 2.87. The molecule has 0 aromatic carbocycles. The number of nitrogens with zero attached hydrogens (tertiary/aromatic N) is 1. The summed E-state index contributed by atoms with van der Waals surface area (Å²) in [6, 6.07) is 0. The zero-order valence-corrected chi connectivity index (χ0v) is 10.6. The minimum Gasteiger partial charge on any atom is -0.329 e. The van der Waals surface area contributed by atoms with E-state index in [9.17, 15) is 0 Å². The fraction of sp³-hybridized carbons (Fsp3) is 1.00. The third kappa shape index (κ3) is 2.65. The van der Waals surface area contributed by atoms with E-state index in [2.05, 4.69) is 37.4 Å². The van der Waals surface area contributed by atoms with Gasteiger partial charge in [-0.2, -0.15) is 11.8 Å². The van der Waals surface area contributed by atoms with Crippen LogP contribution < -0.4 is 5.73 Å². The van der Waals surface area contributed by atoms with Crippen molar-refractivity contribution in [3.05, 3.63) is 0 Å². The molecule has 14 heavy (non-hydrogen) atoms. The molecule has 0 saturated carbocycles. The largest absolute Gasteiger partial charge is 0.329 e. The molecule has 1 heterocycles. The number of rotatable bonds is 3. The van der Waals surface area contributed by atoms with Gasteiger partial charge in [-0.3, -0.25) is 4.90 Å². The molecule has 1 atom stereocenters. The SMILES string of the molecule is CC(C)C(C)(CN)N1CCCSCC1. The summed E-state index contributed by atoms with van der Waals surface area (Å²) in [6.45, 7) is 10.1. The molecule has 1 unspecified atom stereocenters. The maximum absolute atomic E-state index is 5.94. The van der Waals surface area contributed by atoms with Gasteiger partial charge in [-0.15, -0.1) is 0 Å². The van der Waals surface area contributed by atoms with E-state index in [4.69, 9.17) is 5.73 Å².